The highest BCUT2D eigenvalue weighted by atomic mass is 19.1. The number of para-hydroxylation sites is 2. The number of amides is 1. The van der Waals surface area contributed by atoms with Gasteiger partial charge in [0.2, 0.25) is 0 Å². The van der Waals surface area contributed by atoms with Gasteiger partial charge in [-0.05, 0) is 36.8 Å². The van der Waals surface area contributed by atoms with Gasteiger partial charge in [0.1, 0.15) is 11.6 Å². The fourth-order valence-corrected chi connectivity index (χ4v) is 2.15. The quantitative estimate of drug-likeness (QED) is 0.892. The van der Waals surface area contributed by atoms with Crippen molar-refractivity contribution < 1.29 is 13.9 Å². The Balaban J connectivity index is 1.70. The van der Waals surface area contributed by atoms with Crippen LogP contribution in [-0.2, 0) is 4.79 Å². The van der Waals surface area contributed by atoms with Crippen molar-refractivity contribution in [3.8, 4) is 5.75 Å². The van der Waals surface area contributed by atoms with Gasteiger partial charge in [-0.2, -0.15) is 0 Å². The van der Waals surface area contributed by atoms with Crippen molar-refractivity contribution in [3.63, 3.8) is 0 Å². The van der Waals surface area contributed by atoms with Crippen molar-refractivity contribution in [1.29, 1.82) is 0 Å². The molecule has 0 radical (unpaired) electrons. The van der Waals surface area contributed by atoms with Crippen molar-refractivity contribution in [2.75, 3.05) is 17.2 Å². The zero-order chi connectivity index (χ0) is 14.8. The van der Waals surface area contributed by atoms with Crippen LogP contribution in [0.1, 0.15) is 5.56 Å². The lowest BCUT2D eigenvalue weighted by atomic mass is 10.2. The van der Waals surface area contributed by atoms with E-state index in [1.807, 2.05) is 18.2 Å². The molecule has 0 spiro atoms. The number of nitrogens with one attached hydrogen (secondary N) is 2. The number of carbonyl (C=O) groups excluding carboxylic acids is 1. The van der Waals surface area contributed by atoms with Crippen LogP contribution in [0.3, 0.4) is 0 Å². The van der Waals surface area contributed by atoms with Crippen LogP contribution in [0.4, 0.5) is 15.8 Å². The number of carbonyl (C=O) groups is 1. The smallest absolute Gasteiger partial charge is 0.267 e. The van der Waals surface area contributed by atoms with E-state index in [9.17, 15) is 9.18 Å². The normalized spacial score (nSPS) is 16.4. The number of hydrogen-bond acceptors (Lipinski definition) is 3. The molecule has 5 heteroatoms. The fourth-order valence-electron chi connectivity index (χ4n) is 2.15. The molecule has 0 saturated carbocycles. The summed E-state index contributed by atoms with van der Waals surface area (Å²) in [7, 11) is 0. The van der Waals surface area contributed by atoms with Crippen molar-refractivity contribution >= 4 is 17.3 Å². The maximum atomic E-state index is 13.5. The van der Waals surface area contributed by atoms with E-state index in [-0.39, 0.29) is 11.7 Å². The van der Waals surface area contributed by atoms with Crippen LogP contribution in [0.15, 0.2) is 42.5 Å². The SMILES string of the molecule is Cc1ccc(NC(=O)C2CNc3ccccc3O2)cc1F. The summed E-state index contributed by atoms with van der Waals surface area (Å²) in [5, 5.41) is 5.81. The van der Waals surface area contributed by atoms with Gasteiger partial charge in [0.15, 0.2) is 6.10 Å². The van der Waals surface area contributed by atoms with Crippen LogP contribution in [0, 0.1) is 12.7 Å². The van der Waals surface area contributed by atoms with Crippen LogP contribution in [0.5, 0.6) is 5.75 Å². The Labute approximate surface area is 121 Å². The molecule has 0 saturated heterocycles. The predicted molar refractivity (Wildman–Crippen MR) is 79.1 cm³/mol. The summed E-state index contributed by atoms with van der Waals surface area (Å²) in [6.07, 6.45) is -0.649. The summed E-state index contributed by atoms with van der Waals surface area (Å²) in [5.74, 6) is -0.0138. The molecular weight excluding hydrogens is 271 g/mol. The Morgan fingerprint density at radius 1 is 1.33 bits per heavy atom. The Bertz CT molecular complexity index is 688. The first-order chi connectivity index (χ1) is 10.1. The lowest BCUT2D eigenvalue weighted by molar-refractivity contribution is -0.122. The lowest BCUT2D eigenvalue weighted by Gasteiger charge is -2.26. The minimum atomic E-state index is -0.649. The molecule has 4 nitrogen and oxygen atoms in total. The predicted octanol–water partition coefficient (Wildman–Crippen LogP) is 2.95. The van der Waals surface area contributed by atoms with Crippen LogP contribution >= 0.6 is 0 Å². The zero-order valence-corrected chi connectivity index (χ0v) is 11.5. The number of halogens is 1. The number of fused-ring (bicyclic) bond motifs is 1. The van der Waals surface area contributed by atoms with E-state index in [2.05, 4.69) is 10.6 Å². The molecule has 1 aliphatic rings. The summed E-state index contributed by atoms with van der Waals surface area (Å²) in [6, 6.07) is 12.0. The second kappa shape index (κ2) is 5.44. The number of rotatable bonds is 2. The molecule has 1 heterocycles. The first-order valence-corrected chi connectivity index (χ1v) is 6.70. The van der Waals surface area contributed by atoms with E-state index in [1.54, 1.807) is 25.1 Å². The minimum Gasteiger partial charge on any atom is -0.477 e. The lowest BCUT2D eigenvalue weighted by Crippen LogP contribution is -2.41. The summed E-state index contributed by atoms with van der Waals surface area (Å²) in [6.45, 7) is 2.04. The molecule has 0 aliphatic carbocycles. The van der Waals surface area contributed by atoms with Crippen molar-refractivity contribution in [1.82, 2.24) is 0 Å². The van der Waals surface area contributed by atoms with E-state index in [0.29, 0.717) is 23.5 Å². The van der Waals surface area contributed by atoms with Gasteiger partial charge in [-0.25, -0.2) is 4.39 Å². The molecule has 0 aromatic heterocycles. The Kier molecular flexibility index (Phi) is 3.48. The maximum absolute atomic E-state index is 13.5. The van der Waals surface area contributed by atoms with E-state index in [0.717, 1.165) is 5.69 Å². The summed E-state index contributed by atoms with van der Waals surface area (Å²) < 4.78 is 19.1. The van der Waals surface area contributed by atoms with Crippen LogP contribution in [0.2, 0.25) is 0 Å². The van der Waals surface area contributed by atoms with Gasteiger partial charge >= 0.3 is 0 Å². The molecule has 3 rings (SSSR count). The Morgan fingerprint density at radius 2 is 2.14 bits per heavy atom. The first-order valence-electron chi connectivity index (χ1n) is 6.70. The number of anilines is 2. The number of ether oxygens (including phenoxy) is 1. The molecule has 21 heavy (non-hydrogen) atoms. The van der Waals surface area contributed by atoms with Crippen LogP contribution < -0.4 is 15.4 Å². The van der Waals surface area contributed by atoms with Crippen molar-refractivity contribution in [3.05, 3.63) is 53.8 Å². The minimum absolute atomic E-state index is 0.305. The highest BCUT2D eigenvalue weighted by molar-refractivity contribution is 5.95. The zero-order valence-electron chi connectivity index (χ0n) is 11.5. The van der Waals surface area contributed by atoms with Gasteiger partial charge < -0.3 is 15.4 Å². The standard InChI is InChI=1S/C16H15FN2O2/c1-10-6-7-11(8-12(10)17)19-16(20)15-9-18-13-4-2-3-5-14(13)21-15/h2-8,15,18H,9H2,1H3,(H,19,20). The largest absolute Gasteiger partial charge is 0.477 e. The number of hydrogen-bond donors (Lipinski definition) is 2. The third-order valence-corrected chi connectivity index (χ3v) is 3.37. The molecule has 1 aliphatic heterocycles. The third kappa shape index (κ3) is 2.81. The molecule has 0 bridgehead atoms. The highest BCUT2D eigenvalue weighted by Crippen LogP contribution is 2.28. The molecule has 0 fully saturated rings. The average Bonchev–Trinajstić information content (AvgIpc) is 2.50. The van der Waals surface area contributed by atoms with Crippen molar-refractivity contribution in [2.45, 2.75) is 13.0 Å². The highest BCUT2D eigenvalue weighted by Gasteiger charge is 2.25. The van der Waals surface area contributed by atoms with Crippen LogP contribution in [-0.4, -0.2) is 18.6 Å². The average molecular weight is 286 g/mol. The fraction of sp³-hybridized carbons (Fsp3) is 0.188. The summed E-state index contributed by atoms with van der Waals surface area (Å²) in [5.41, 5.74) is 1.82. The summed E-state index contributed by atoms with van der Waals surface area (Å²) >= 11 is 0. The number of aryl methyl sites for hydroxylation is 1. The second-order valence-corrected chi connectivity index (χ2v) is 4.94. The monoisotopic (exact) mass is 286 g/mol. The molecule has 1 unspecified atom stereocenters. The Morgan fingerprint density at radius 3 is 2.95 bits per heavy atom. The molecule has 2 aromatic carbocycles. The van der Waals surface area contributed by atoms with Gasteiger partial charge in [-0.1, -0.05) is 18.2 Å². The Hall–Kier alpha value is -2.56. The molecule has 1 atom stereocenters. The van der Waals surface area contributed by atoms with E-state index >= 15 is 0 Å². The van der Waals surface area contributed by atoms with Gasteiger partial charge in [-0.3, -0.25) is 4.79 Å². The van der Waals surface area contributed by atoms with Gasteiger partial charge in [-0.15, -0.1) is 0 Å². The van der Waals surface area contributed by atoms with Crippen molar-refractivity contribution in [2.24, 2.45) is 0 Å². The molecule has 2 N–H and O–H groups in total. The third-order valence-electron chi connectivity index (χ3n) is 3.37. The first kappa shape index (κ1) is 13.4. The van der Waals surface area contributed by atoms with E-state index in [1.165, 1.54) is 6.07 Å². The van der Waals surface area contributed by atoms with Gasteiger partial charge in [0, 0.05) is 5.69 Å². The molecule has 108 valence electrons. The molecule has 1 amide bonds. The topological polar surface area (TPSA) is 50.4 Å². The van der Waals surface area contributed by atoms with Crippen LogP contribution in [0.25, 0.3) is 0 Å². The summed E-state index contributed by atoms with van der Waals surface area (Å²) in [4.78, 5) is 12.2. The van der Waals surface area contributed by atoms with E-state index in [4.69, 9.17) is 4.74 Å². The van der Waals surface area contributed by atoms with Gasteiger partial charge in [0.05, 0.1) is 12.2 Å². The van der Waals surface area contributed by atoms with Gasteiger partial charge in [0.25, 0.3) is 5.91 Å². The second-order valence-electron chi connectivity index (χ2n) is 4.94. The molecule has 2 aromatic rings. The molecular formula is C16H15FN2O2. The van der Waals surface area contributed by atoms with E-state index < -0.39 is 6.10 Å². The maximum Gasteiger partial charge on any atom is 0.267 e. The number of benzene rings is 2.